The molecule has 0 spiro atoms. The van der Waals surface area contributed by atoms with Gasteiger partial charge in [-0.2, -0.15) is 0 Å². The minimum absolute atomic E-state index is 0.00248. The van der Waals surface area contributed by atoms with E-state index in [0.29, 0.717) is 5.69 Å². The maximum Gasteiger partial charge on any atom is 0.290 e. The van der Waals surface area contributed by atoms with Gasteiger partial charge in [-0.25, -0.2) is 4.90 Å². The summed E-state index contributed by atoms with van der Waals surface area (Å²) < 4.78 is 5.20. The Morgan fingerprint density at radius 1 is 1.16 bits per heavy atom. The van der Waals surface area contributed by atoms with Crippen LogP contribution >= 0.6 is 0 Å². The molecule has 1 atom stereocenters. The lowest BCUT2D eigenvalue weighted by molar-refractivity contribution is -0.122. The summed E-state index contributed by atoms with van der Waals surface area (Å²) in [5, 5.41) is 0. The summed E-state index contributed by atoms with van der Waals surface area (Å²) >= 11 is 0. The van der Waals surface area contributed by atoms with E-state index in [0.717, 1.165) is 18.4 Å². The summed E-state index contributed by atoms with van der Waals surface area (Å²) in [6.45, 7) is 1.94. The largest absolute Gasteiger partial charge is 0.459 e. The number of carbonyl (C=O) groups excluding carboxylic acids is 3. The summed E-state index contributed by atoms with van der Waals surface area (Å²) in [7, 11) is 0. The second kappa shape index (κ2) is 5.88. The summed E-state index contributed by atoms with van der Waals surface area (Å²) in [5.41, 5.74) is 1.59. The van der Waals surface area contributed by atoms with Crippen molar-refractivity contribution in [2.24, 2.45) is 0 Å². The molecule has 1 unspecified atom stereocenters. The van der Waals surface area contributed by atoms with Gasteiger partial charge in [-0.1, -0.05) is 17.7 Å². The minimum atomic E-state index is -0.765. The van der Waals surface area contributed by atoms with Gasteiger partial charge >= 0.3 is 0 Å². The average molecular weight is 338 g/mol. The number of anilines is 1. The molecule has 1 aliphatic heterocycles. The van der Waals surface area contributed by atoms with Gasteiger partial charge in [0, 0.05) is 6.04 Å². The monoisotopic (exact) mass is 338 g/mol. The number of imide groups is 1. The standard InChI is InChI=1S/C19H18N2O4/c1-12-4-6-14(7-5-12)21-17(22)11-15(18(21)23)20(13-8-9-13)19(24)16-3-2-10-25-16/h2-7,10,13,15H,8-9,11H2,1H3. The molecule has 0 N–H and O–H groups in total. The maximum atomic E-state index is 12.9. The molecule has 25 heavy (non-hydrogen) atoms. The number of carbonyl (C=O) groups is 3. The first-order chi connectivity index (χ1) is 12.1. The molecule has 3 amide bonds. The normalized spacial score (nSPS) is 20.2. The second-order valence-electron chi connectivity index (χ2n) is 6.54. The van der Waals surface area contributed by atoms with E-state index in [1.54, 1.807) is 24.3 Å². The summed E-state index contributed by atoms with van der Waals surface area (Å²) in [6.07, 6.45) is 3.12. The molecule has 2 aromatic rings. The molecular weight excluding hydrogens is 320 g/mol. The lowest BCUT2D eigenvalue weighted by Crippen LogP contribution is -2.46. The van der Waals surface area contributed by atoms with E-state index in [1.807, 2.05) is 19.1 Å². The number of hydrogen-bond donors (Lipinski definition) is 0. The smallest absolute Gasteiger partial charge is 0.290 e. The molecule has 0 bridgehead atoms. The number of rotatable bonds is 4. The Bertz CT molecular complexity index is 822. The van der Waals surface area contributed by atoms with Crippen LogP contribution in [-0.4, -0.2) is 34.7 Å². The second-order valence-corrected chi connectivity index (χ2v) is 6.54. The molecule has 4 rings (SSSR count). The predicted molar refractivity (Wildman–Crippen MR) is 90.0 cm³/mol. The van der Waals surface area contributed by atoms with Crippen molar-refractivity contribution < 1.29 is 18.8 Å². The van der Waals surface area contributed by atoms with Crippen molar-refractivity contribution in [3.8, 4) is 0 Å². The Morgan fingerprint density at radius 3 is 2.48 bits per heavy atom. The molecule has 1 aliphatic carbocycles. The topological polar surface area (TPSA) is 70.8 Å². The Hall–Kier alpha value is -2.89. The van der Waals surface area contributed by atoms with E-state index in [1.165, 1.54) is 16.1 Å². The summed E-state index contributed by atoms with van der Waals surface area (Å²) in [6, 6.07) is 9.67. The predicted octanol–water partition coefficient (Wildman–Crippen LogP) is 2.52. The fourth-order valence-corrected chi connectivity index (χ4v) is 3.24. The minimum Gasteiger partial charge on any atom is -0.459 e. The van der Waals surface area contributed by atoms with Crippen LogP contribution in [-0.2, 0) is 9.59 Å². The van der Waals surface area contributed by atoms with E-state index in [-0.39, 0.29) is 35.9 Å². The highest BCUT2D eigenvalue weighted by atomic mass is 16.3. The fourth-order valence-electron chi connectivity index (χ4n) is 3.24. The van der Waals surface area contributed by atoms with Crippen molar-refractivity contribution in [2.45, 2.75) is 38.3 Å². The van der Waals surface area contributed by atoms with Gasteiger partial charge < -0.3 is 9.32 Å². The molecule has 128 valence electrons. The third-order valence-corrected chi connectivity index (χ3v) is 4.66. The molecule has 2 heterocycles. The van der Waals surface area contributed by atoms with Crippen LogP contribution in [0.2, 0.25) is 0 Å². The lowest BCUT2D eigenvalue weighted by atomic mass is 10.2. The highest BCUT2D eigenvalue weighted by molar-refractivity contribution is 6.23. The van der Waals surface area contributed by atoms with Crippen molar-refractivity contribution in [1.29, 1.82) is 0 Å². The van der Waals surface area contributed by atoms with Gasteiger partial charge in [-0.15, -0.1) is 0 Å². The van der Waals surface area contributed by atoms with E-state index in [2.05, 4.69) is 0 Å². The molecule has 1 aromatic carbocycles. The van der Waals surface area contributed by atoms with Gasteiger partial charge in [0.15, 0.2) is 5.76 Å². The van der Waals surface area contributed by atoms with Crippen molar-refractivity contribution >= 4 is 23.4 Å². The molecule has 1 aromatic heterocycles. The number of furan rings is 1. The van der Waals surface area contributed by atoms with Crippen molar-refractivity contribution in [1.82, 2.24) is 4.90 Å². The van der Waals surface area contributed by atoms with Gasteiger partial charge in [-0.3, -0.25) is 14.4 Å². The first-order valence-electron chi connectivity index (χ1n) is 8.36. The molecule has 2 aliphatic rings. The van der Waals surface area contributed by atoms with Crippen LogP contribution in [0.15, 0.2) is 47.1 Å². The molecule has 2 fully saturated rings. The first kappa shape index (κ1) is 15.6. The molecule has 0 radical (unpaired) electrons. The Labute approximate surface area is 145 Å². The fraction of sp³-hybridized carbons (Fsp3) is 0.316. The van der Waals surface area contributed by atoms with E-state index in [4.69, 9.17) is 4.42 Å². The molecular formula is C19H18N2O4. The van der Waals surface area contributed by atoms with Gasteiger partial charge in [0.1, 0.15) is 6.04 Å². The quantitative estimate of drug-likeness (QED) is 0.803. The van der Waals surface area contributed by atoms with E-state index in [9.17, 15) is 14.4 Å². The van der Waals surface area contributed by atoms with Crippen LogP contribution < -0.4 is 4.90 Å². The number of hydrogen-bond acceptors (Lipinski definition) is 4. The highest BCUT2D eigenvalue weighted by Gasteiger charge is 2.49. The number of nitrogens with zero attached hydrogens (tertiary/aromatic N) is 2. The van der Waals surface area contributed by atoms with Gasteiger partial charge in [-0.05, 0) is 44.0 Å². The zero-order valence-corrected chi connectivity index (χ0v) is 13.8. The number of benzene rings is 1. The highest BCUT2D eigenvalue weighted by Crippen LogP contribution is 2.35. The Kier molecular flexibility index (Phi) is 3.67. The van der Waals surface area contributed by atoms with Crippen LogP contribution in [0.3, 0.4) is 0 Å². The van der Waals surface area contributed by atoms with E-state index < -0.39 is 6.04 Å². The van der Waals surface area contributed by atoms with Crippen LogP contribution in [0, 0.1) is 6.92 Å². The Balaban J connectivity index is 1.63. The van der Waals surface area contributed by atoms with Crippen LogP contribution in [0.1, 0.15) is 35.4 Å². The average Bonchev–Trinajstić information content (AvgIpc) is 3.18. The van der Waals surface area contributed by atoms with Gasteiger partial charge in [0.05, 0.1) is 18.4 Å². The molecule has 6 heteroatoms. The van der Waals surface area contributed by atoms with Crippen molar-refractivity contribution in [3.63, 3.8) is 0 Å². The van der Waals surface area contributed by atoms with Crippen molar-refractivity contribution in [2.75, 3.05) is 4.90 Å². The zero-order valence-electron chi connectivity index (χ0n) is 13.8. The molecule has 1 saturated carbocycles. The summed E-state index contributed by atoms with van der Waals surface area (Å²) in [5.74, 6) is -0.761. The third-order valence-electron chi connectivity index (χ3n) is 4.66. The number of aryl methyl sites for hydroxylation is 1. The van der Waals surface area contributed by atoms with Crippen molar-refractivity contribution in [3.05, 3.63) is 54.0 Å². The zero-order chi connectivity index (χ0) is 17.6. The third kappa shape index (κ3) is 2.73. The van der Waals surface area contributed by atoms with Gasteiger partial charge in [0.2, 0.25) is 5.91 Å². The molecule has 1 saturated heterocycles. The number of amides is 3. The SMILES string of the molecule is Cc1ccc(N2C(=O)CC(N(C(=O)c3ccco3)C3CC3)C2=O)cc1. The van der Waals surface area contributed by atoms with Crippen LogP contribution in [0.25, 0.3) is 0 Å². The first-order valence-corrected chi connectivity index (χ1v) is 8.36. The molecule has 6 nitrogen and oxygen atoms in total. The van der Waals surface area contributed by atoms with E-state index >= 15 is 0 Å². The summed E-state index contributed by atoms with van der Waals surface area (Å²) in [4.78, 5) is 40.9. The maximum absolute atomic E-state index is 12.9. The lowest BCUT2D eigenvalue weighted by Gasteiger charge is -2.26. The Morgan fingerprint density at radius 2 is 1.88 bits per heavy atom. The van der Waals surface area contributed by atoms with Crippen LogP contribution in [0.5, 0.6) is 0 Å². The van der Waals surface area contributed by atoms with Gasteiger partial charge in [0.25, 0.3) is 11.8 Å². The van der Waals surface area contributed by atoms with Crippen LogP contribution in [0.4, 0.5) is 5.69 Å².